The Morgan fingerprint density at radius 1 is 1.00 bits per heavy atom. The van der Waals surface area contributed by atoms with Gasteiger partial charge in [0, 0.05) is 11.4 Å². The number of hydrogen-bond acceptors (Lipinski definition) is 2. The van der Waals surface area contributed by atoms with Crippen LogP contribution in [0.4, 0.5) is 5.69 Å². The Bertz CT molecular complexity index is 1220. The second-order valence-electron chi connectivity index (χ2n) is 8.04. The van der Waals surface area contributed by atoms with Crippen molar-refractivity contribution in [1.29, 1.82) is 0 Å². The number of benzene rings is 3. The summed E-state index contributed by atoms with van der Waals surface area (Å²) in [5, 5.41) is 12.6. The Morgan fingerprint density at radius 2 is 1.73 bits per heavy atom. The van der Waals surface area contributed by atoms with Crippen molar-refractivity contribution in [1.82, 2.24) is 10.6 Å². The zero-order valence-corrected chi connectivity index (χ0v) is 17.8. The van der Waals surface area contributed by atoms with Crippen LogP contribution in [0.2, 0.25) is 0 Å². The Morgan fingerprint density at radius 3 is 2.50 bits per heavy atom. The number of carbonyl (C=O) groups excluding carboxylic acids is 1. The van der Waals surface area contributed by atoms with Crippen molar-refractivity contribution >= 4 is 39.7 Å². The predicted octanol–water partition coefficient (Wildman–Crippen LogP) is 4.68. The van der Waals surface area contributed by atoms with E-state index in [9.17, 15) is 4.79 Å². The second kappa shape index (κ2) is 7.26. The molecular weight excluding hydrogens is 390 g/mol. The van der Waals surface area contributed by atoms with Crippen molar-refractivity contribution in [3.05, 3.63) is 88.1 Å². The van der Waals surface area contributed by atoms with Crippen LogP contribution in [-0.2, 0) is 17.6 Å². The molecule has 2 aliphatic rings. The standard InChI is InChI=1S/C25H23N3OS/c1-14-6-11-18(12-7-14)27-24(29)21-15(2)26-25(30)28-23(21)20-13-10-17-9-8-16-4-3-5-19(20)22(16)17/h3-7,10-13,23H,8-9H2,1-2H3,(H,27,29)(H2,26,28,30)/t23-/m0/s1. The first-order chi connectivity index (χ1) is 14.5. The molecular formula is C25H23N3OS. The SMILES string of the molecule is CC1=C(C(=O)Nc2ccc(C)cc2)[C@H](c2ccc3c4c(cccc24)CC3)NC(=S)N1. The number of anilines is 1. The van der Waals surface area contributed by atoms with Gasteiger partial charge in [0.05, 0.1) is 11.6 Å². The molecule has 0 saturated heterocycles. The van der Waals surface area contributed by atoms with E-state index in [2.05, 4.69) is 46.3 Å². The Hall–Kier alpha value is -3.18. The third-order valence-electron chi connectivity index (χ3n) is 6.04. The molecule has 0 radical (unpaired) electrons. The van der Waals surface area contributed by atoms with Crippen LogP contribution in [-0.4, -0.2) is 11.0 Å². The minimum absolute atomic E-state index is 0.132. The van der Waals surface area contributed by atoms with Gasteiger partial charge >= 0.3 is 0 Å². The van der Waals surface area contributed by atoms with Crippen LogP contribution in [0.25, 0.3) is 10.8 Å². The van der Waals surface area contributed by atoms with Crippen molar-refractivity contribution < 1.29 is 4.79 Å². The molecule has 150 valence electrons. The minimum atomic E-state index is -0.311. The van der Waals surface area contributed by atoms with Crippen LogP contribution in [0.15, 0.2) is 65.9 Å². The monoisotopic (exact) mass is 413 g/mol. The molecule has 3 aromatic rings. The van der Waals surface area contributed by atoms with Gasteiger partial charge in [-0.1, -0.05) is 48.0 Å². The van der Waals surface area contributed by atoms with Crippen molar-refractivity contribution in [2.45, 2.75) is 32.7 Å². The summed E-state index contributed by atoms with van der Waals surface area (Å²) in [6, 6.07) is 18.3. The van der Waals surface area contributed by atoms with E-state index in [1.54, 1.807) is 0 Å². The summed E-state index contributed by atoms with van der Waals surface area (Å²) in [5.74, 6) is -0.132. The molecule has 0 aromatic heterocycles. The average molecular weight is 414 g/mol. The molecule has 0 spiro atoms. The zero-order chi connectivity index (χ0) is 20.8. The number of hydrogen-bond donors (Lipinski definition) is 3. The molecule has 3 aromatic carbocycles. The highest BCUT2D eigenvalue weighted by molar-refractivity contribution is 7.80. The highest BCUT2D eigenvalue weighted by Gasteiger charge is 2.32. The van der Waals surface area contributed by atoms with Gasteiger partial charge in [-0.3, -0.25) is 4.79 Å². The molecule has 1 heterocycles. The highest BCUT2D eigenvalue weighted by atomic mass is 32.1. The van der Waals surface area contributed by atoms with E-state index in [-0.39, 0.29) is 11.9 Å². The summed E-state index contributed by atoms with van der Waals surface area (Å²) in [6.07, 6.45) is 2.15. The number of rotatable bonds is 3. The van der Waals surface area contributed by atoms with Crippen molar-refractivity contribution in [3.63, 3.8) is 0 Å². The summed E-state index contributed by atoms with van der Waals surface area (Å²) >= 11 is 5.44. The van der Waals surface area contributed by atoms with Gasteiger partial charge in [0.1, 0.15) is 0 Å². The van der Waals surface area contributed by atoms with Crippen molar-refractivity contribution in [2.75, 3.05) is 5.32 Å². The van der Waals surface area contributed by atoms with E-state index >= 15 is 0 Å². The fraction of sp³-hybridized carbons (Fsp3) is 0.200. The summed E-state index contributed by atoms with van der Waals surface area (Å²) in [7, 11) is 0. The van der Waals surface area contributed by atoms with Gasteiger partial charge in [-0.05, 0) is 78.5 Å². The largest absolute Gasteiger partial charge is 0.351 e. The van der Waals surface area contributed by atoms with E-state index in [4.69, 9.17) is 12.2 Å². The quantitative estimate of drug-likeness (QED) is 0.546. The lowest BCUT2D eigenvalue weighted by Gasteiger charge is -2.31. The predicted molar refractivity (Wildman–Crippen MR) is 125 cm³/mol. The number of carbonyl (C=O) groups is 1. The van der Waals surface area contributed by atoms with Gasteiger partial charge in [0.2, 0.25) is 0 Å². The summed E-state index contributed by atoms with van der Waals surface area (Å²) in [4.78, 5) is 13.3. The fourth-order valence-electron chi connectivity index (χ4n) is 4.58. The molecule has 30 heavy (non-hydrogen) atoms. The Kier molecular flexibility index (Phi) is 4.55. The molecule has 3 N–H and O–H groups in total. The van der Waals surface area contributed by atoms with Crippen molar-refractivity contribution in [2.24, 2.45) is 0 Å². The number of aryl methyl sites for hydroxylation is 3. The average Bonchev–Trinajstić information content (AvgIpc) is 3.14. The lowest BCUT2D eigenvalue weighted by molar-refractivity contribution is -0.113. The van der Waals surface area contributed by atoms with E-state index in [1.165, 1.54) is 21.9 Å². The molecule has 0 fully saturated rings. The van der Waals surface area contributed by atoms with Gasteiger partial charge in [0.25, 0.3) is 5.91 Å². The molecule has 5 rings (SSSR count). The number of thiocarbonyl (C=S) groups is 1. The van der Waals surface area contributed by atoms with Gasteiger partial charge in [-0.2, -0.15) is 0 Å². The fourth-order valence-corrected chi connectivity index (χ4v) is 4.86. The van der Waals surface area contributed by atoms with Crippen LogP contribution in [0.3, 0.4) is 0 Å². The lowest BCUT2D eigenvalue weighted by Crippen LogP contribution is -2.45. The van der Waals surface area contributed by atoms with E-state index in [0.717, 1.165) is 35.4 Å². The lowest BCUT2D eigenvalue weighted by atomic mass is 9.89. The molecule has 0 bridgehead atoms. The molecule has 1 atom stereocenters. The third-order valence-corrected chi connectivity index (χ3v) is 6.26. The van der Waals surface area contributed by atoms with Crippen molar-refractivity contribution in [3.8, 4) is 0 Å². The topological polar surface area (TPSA) is 53.2 Å². The van der Waals surface area contributed by atoms with Crippen LogP contribution in [0, 0.1) is 6.92 Å². The van der Waals surface area contributed by atoms with Gasteiger partial charge < -0.3 is 16.0 Å². The highest BCUT2D eigenvalue weighted by Crippen LogP contribution is 2.38. The molecule has 1 aliphatic carbocycles. The first-order valence-electron chi connectivity index (χ1n) is 10.2. The summed E-state index contributed by atoms with van der Waals surface area (Å²) < 4.78 is 0. The Labute approximate surface area is 181 Å². The van der Waals surface area contributed by atoms with Crippen LogP contribution in [0.1, 0.15) is 35.2 Å². The molecule has 0 saturated carbocycles. The van der Waals surface area contributed by atoms with E-state index in [1.807, 2.05) is 38.1 Å². The molecule has 4 nitrogen and oxygen atoms in total. The maximum absolute atomic E-state index is 13.3. The third kappa shape index (κ3) is 3.15. The Balaban J connectivity index is 1.59. The maximum Gasteiger partial charge on any atom is 0.255 e. The van der Waals surface area contributed by atoms with Gasteiger partial charge in [-0.25, -0.2) is 0 Å². The van der Waals surface area contributed by atoms with Crippen LogP contribution >= 0.6 is 12.2 Å². The molecule has 0 unspecified atom stereocenters. The molecule has 5 heteroatoms. The number of allylic oxidation sites excluding steroid dienone is 1. The first kappa shape index (κ1) is 18.8. The van der Waals surface area contributed by atoms with Gasteiger partial charge in [0.15, 0.2) is 5.11 Å². The first-order valence-corrected chi connectivity index (χ1v) is 10.6. The number of nitrogens with one attached hydrogen (secondary N) is 3. The normalized spacial score (nSPS) is 17.7. The van der Waals surface area contributed by atoms with E-state index < -0.39 is 0 Å². The second-order valence-corrected chi connectivity index (χ2v) is 8.45. The molecule has 1 amide bonds. The van der Waals surface area contributed by atoms with E-state index in [0.29, 0.717) is 10.7 Å². The molecule has 1 aliphatic heterocycles. The zero-order valence-electron chi connectivity index (χ0n) is 17.0. The minimum Gasteiger partial charge on any atom is -0.351 e. The van der Waals surface area contributed by atoms with Crippen LogP contribution in [0.5, 0.6) is 0 Å². The van der Waals surface area contributed by atoms with Gasteiger partial charge in [-0.15, -0.1) is 0 Å². The summed E-state index contributed by atoms with van der Waals surface area (Å²) in [5.41, 5.74) is 7.20. The maximum atomic E-state index is 13.3. The van der Waals surface area contributed by atoms with Crippen LogP contribution < -0.4 is 16.0 Å². The summed E-state index contributed by atoms with van der Waals surface area (Å²) in [6.45, 7) is 3.93. The number of amides is 1. The smallest absolute Gasteiger partial charge is 0.255 e.